The first kappa shape index (κ1) is 15.1. The predicted molar refractivity (Wildman–Crippen MR) is 85.5 cm³/mol. The van der Waals surface area contributed by atoms with E-state index in [9.17, 15) is 4.39 Å². The zero-order chi connectivity index (χ0) is 16.5. The van der Waals surface area contributed by atoms with Gasteiger partial charge in [0.2, 0.25) is 5.89 Å². The van der Waals surface area contributed by atoms with Crippen LogP contribution in [0.3, 0.4) is 0 Å². The summed E-state index contributed by atoms with van der Waals surface area (Å²) in [5.74, 6) is 1.15. The molecule has 0 aliphatic carbocycles. The van der Waals surface area contributed by atoms with E-state index < -0.39 is 0 Å². The van der Waals surface area contributed by atoms with Crippen LogP contribution in [0.4, 0.5) is 4.39 Å². The van der Waals surface area contributed by atoms with Crippen molar-refractivity contribution in [3.63, 3.8) is 0 Å². The van der Waals surface area contributed by atoms with Crippen LogP contribution in [0.25, 0.3) is 11.5 Å². The lowest BCUT2D eigenvalue weighted by atomic mass is 10.1. The molecule has 5 nitrogen and oxygen atoms in total. The second-order valence-corrected chi connectivity index (χ2v) is 6.15. The van der Waals surface area contributed by atoms with Crippen LogP contribution in [-0.2, 0) is 6.54 Å². The molecule has 1 aliphatic heterocycles. The summed E-state index contributed by atoms with van der Waals surface area (Å²) in [4.78, 5) is 6.86. The summed E-state index contributed by atoms with van der Waals surface area (Å²) >= 11 is 0. The van der Waals surface area contributed by atoms with Crippen molar-refractivity contribution in [1.29, 1.82) is 0 Å². The van der Waals surface area contributed by atoms with E-state index in [0.29, 0.717) is 12.4 Å². The fourth-order valence-electron chi connectivity index (χ4n) is 3.19. The van der Waals surface area contributed by atoms with E-state index in [1.807, 2.05) is 13.0 Å². The number of nitrogens with zero attached hydrogens (tertiary/aromatic N) is 3. The quantitative estimate of drug-likeness (QED) is 0.721. The van der Waals surface area contributed by atoms with Gasteiger partial charge in [-0.25, -0.2) is 9.37 Å². The van der Waals surface area contributed by atoms with Gasteiger partial charge in [-0.1, -0.05) is 5.16 Å². The monoisotopic (exact) mass is 327 g/mol. The van der Waals surface area contributed by atoms with E-state index in [2.05, 4.69) is 15.0 Å². The number of aryl methyl sites for hydroxylation is 1. The van der Waals surface area contributed by atoms with Crippen molar-refractivity contribution in [3.8, 4) is 11.5 Å². The van der Waals surface area contributed by atoms with Gasteiger partial charge in [-0.3, -0.25) is 4.90 Å². The lowest BCUT2D eigenvalue weighted by Crippen LogP contribution is -2.22. The second-order valence-electron chi connectivity index (χ2n) is 6.15. The summed E-state index contributed by atoms with van der Waals surface area (Å²) in [5, 5.41) is 3.99. The fraction of sp³-hybridized carbons (Fsp3) is 0.333. The minimum Gasteiger partial charge on any atom is -0.444 e. The number of aromatic nitrogens is 2. The van der Waals surface area contributed by atoms with Gasteiger partial charge in [-0.2, -0.15) is 0 Å². The first-order chi connectivity index (χ1) is 11.7. The summed E-state index contributed by atoms with van der Waals surface area (Å²) in [5.41, 5.74) is 2.53. The third kappa shape index (κ3) is 2.97. The van der Waals surface area contributed by atoms with Crippen molar-refractivity contribution in [3.05, 3.63) is 59.6 Å². The molecule has 3 heterocycles. The molecule has 1 unspecified atom stereocenters. The van der Waals surface area contributed by atoms with Crippen molar-refractivity contribution < 1.29 is 13.3 Å². The normalized spacial score (nSPS) is 18.3. The third-order valence-corrected chi connectivity index (χ3v) is 4.35. The Bertz CT molecular complexity index is 825. The number of hydrogen-bond donors (Lipinski definition) is 0. The second kappa shape index (κ2) is 6.20. The van der Waals surface area contributed by atoms with E-state index in [1.54, 1.807) is 18.4 Å². The summed E-state index contributed by atoms with van der Waals surface area (Å²) in [7, 11) is 0. The Labute approximate surface area is 139 Å². The van der Waals surface area contributed by atoms with Crippen molar-refractivity contribution in [2.75, 3.05) is 6.54 Å². The molecule has 0 amide bonds. The van der Waals surface area contributed by atoms with E-state index in [0.717, 1.165) is 42.1 Å². The van der Waals surface area contributed by atoms with Crippen molar-refractivity contribution in [2.24, 2.45) is 0 Å². The number of rotatable bonds is 4. The van der Waals surface area contributed by atoms with Crippen LogP contribution in [0.2, 0.25) is 0 Å². The maximum Gasteiger partial charge on any atom is 0.226 e. The number of likely N-dealkylation sites (tertiary alicyclic amines) is 1. The molecular weight excluding hydrogens is 309 g/mol. The average Bonchev–Trinajstić information content (AvgIpc) is 3.30. The minimum absolute atomic E-state index is 0.233. The molecule has 1 fully saturated rings. The SMILES string of the molecule is Cc1cc(C2CCCN2Cc2coc(-c3ccc(F)cc3)n2)on1. The van der Waals surface area contributed by atoms with Gasteiger partial charge in [0.05, 0.1) is 17.4 Å². The maximum atomic E-state index is 13.0. The highest BCUT2D eigenvalue weighted by molar-refractivity contribution is 5.52. The zero-order valence-corrected chi connectivity index (χ0v) is 13.4. The highest BCUT2D eigenvalue weighted by Gasteiger charge is 2.29. The van der Waals surface area contributed by atoms with Gasteiger partial charge in [-0.15, -0.1) is 0 Å². The van der Waals surface area contributed by atoms with E-state index in [1.165, 1.54) is 12.1 Å². The van der Waals surface area contributed by atoms with Gasteiger partial charge in [0.25, 0.3) is 0 Å². The fourth-order valence-corrected chi connectivity index (χ4v) is 3.19. The van der Waals surface area contributed by atoms with Gasteiger partial charge >= 0.3 is 0 Å². The average molecular weight is 327 g/mol. The highest BCUT2D eigenvalue weighted by Crippen LogP contribution is 2.33. The van der Waals surface area contributed by atoms with E-state index in [-0.39, 0.29) is 11.9 Å². The minimum atomic E-state index is -0.271. The molecule has 1 saturated heterocycles. The zero-order valence-electron chi connectivity index (χ0n) is 13.4. The number of oxazole rings is 1. The predicted octanol–water partition coefficient (Wildman–Crippen LogP) is 4.11. The maximum absolute atomic E-state index is 13.0. The lowest BCUT2D eigenvalue weighted by molar-refractivity contribution is 0.204. The molecule has 24 heavy (non-hydrogen) atoms. The van der Waals surface area contributed by atoms with Crippen molar-refractivity contribution in [2.45, 2.75) is 32.4 Å². The molecule has 1 aromatic carbocycles. The Morgan fingerprint density at radius 2 is 2.12 bits per heavy atom. The first-order valence-corrected chi connectivity index (χ1v) is 8.06. The molecule has 0 radical (unpaired) electrons. The molecular formula is C18H18FN3O2. The summed E-state index contributed by atoms with van der Waals surface area (Å²) in [6.45, 7) is 3.61. The summed E-state index contributed by atoms with van der Waals surface area (Å²) in [6.07, 6.45) is 3.84. The van der Waals surface area contributed by atoms with Gasteiger partial charge in [0.15, 0.2) is 5.76 Å². The Kier molecular flexibility index (Phi) is 3.90. The first-order valence-electron chi connectivity index (χ1n) is 8.06. The van der Waals surface area contributed by atoms with Crippen LogP contribution in [0, 0.1) is 12.7 Å². The summed E-state index contributed by atoms with van der Waals surface area (Å²) in [6, 6.07) is 8.37. The van der Waals surface area contributed by atoms with Gasteiger partial charge in [0.1, 0.15) is 12.1 Å². The van der Waals surface area contributed by atoms with Gasteiger partial charge in [0, 0.05) is 18.2 Å². The van der Waals surface area contributed by atoms with Crippen LogP contribution in [0.1, 0.15) is 36.0 Å². The van der Waals surface area contributed by atoms with Crippen molar-refractivity contribution >= 4 is 0 Å². The number of halogens is 1. The largest absolute Gasteiger partial charge is 0.444 e. The highest BCUT2D eigenvalue weighted by atomic mass is 19.1. The van der Waals surface area contributed by atoms with Crippen LogP contribution in [0.15, 0.2) is 45.5 Å². The Hall–Kier alpha value is -2.47. The molecule has 4 rings (SSSR count). The van der Waals surface area contributed by atoms with E-state index >= 15 is 0 Å². The van der Waals surface area contributed by atoms with Crippen molar-refractivity contribution in [1.82, 2.24) is 15.0 Å². The number of hydrogen-bond acceptors (Lipinski definition) is 5. The van der Waals surface area contributed by atoms with Gasteiger partial charge in [-0.05, 0) is 50.6 Å². The molecule has 1 aliphatic rings. The molecule has 0 bridgehead atoms. The number of benzene rings is 1. The molecule has 3 aromatic rings. The van der Waals surface area contributed by atoms with Crippen LogP contribution >= 0.6 is 0 Å². The van der Waals surface area contributed by atoms with Crippen LogP contribution in [-0.4, -0.2) is 21.6 Å². The molecule has 0 saturated carbocycles. The van der Waals surface area contributed by atoms with Crippen LogP contribution in [0.5, 0.6) is 0 Å². The van der Waals surface area contributed by atoms with Crippen LogP contribution < -0.4 is 0 Å². The Balaban J connectivity index is 1.50. The molecule has 2 aromatic heterocycles. The summed E-state index contributed by atoms with van der Waals surface area (Å²) < 4.78 is 24.0. The van der Waals surface area contributed by atoms with E-state index in [4.69, 9.17) is 8.94 Å². The lowest BCUT2D eigenvalue weighted by Gasteiger charge is -2.20. The Morgan fingerprint density at radius 3 is 2.88 bits per heavy atom. The van der Waals surface area contributed by atoms with Gasteiger partial charge < -0.3 is 8.94 Å². The smallest absolute Gasteiger partial charge is 0.226 e. The molecule has 1 atom stereocenters. The standard InChI is InChI=1S/C18H18FN3O2/c1-12-9-17(24-21-12)16-3-2-8-22(16)10-15-11-23-18(20-15)13-4-6-14(19)7-5-13/h4-7,9,11,16H,2-3,8,10H2,1H3. The molecule has 124 valence electrons. The third-order valence-electron chi connectivity index (χ3n) is 4.35. The topological polar surface area (TPSA) is 55.3 Å². The molecule has 0 spiro atoms. The molecule has 6 heteroatoms. The molecule has 0 N–H and O–H groups in total. The Morgan fingerprint density at radius 1 is 1.29 bits per heavy atom.